The van der Waals surface area contributed by atoms with Crippen molar-refractivity contribution in [3.63, 3.8) is 0 Å². The number of aromatic nitrogens is 2. The number of anilines is 1. The summed E-state index contributed by atoms with van der Waals surface area (Å²) in [6.07, 6.45) is 0. The zero-order chi connectivity index (χ0) is 13.6. The number of H-pyrrole nitrogens is 1. The summed E-state index contributed by atoms with van der Waals surface area (Å²) in [5.74, 6) is 0.630. The Balaban J connectivity index is 2.23. The minimum absolute atomic E-state index is 0.523. The number of hydrogen-bond acceptors (Lipinski definition) is 2. The van der Waals surface area contributed by atoms with Crippen molar-refractivity contribution in [2.24, 2.45) is 0 Å². The Morgan fingerprint density at radius 1 is 1.00 bits per heavy atom. The number of rotatable bonds is 1. The molecular weight excluding hydrogens is 305 g/mol. The van der Waals surface area contributed by atoms with Gasteiger partial charge in [-0.25, -0.2) is 4.98 Å². The molecule has 0 aliphatic rings. The standard InChI is InChI=1S/C13H8Cl3N3/c14-6-1-2-8(9(16)3-6)13-18-11-5-7(15)4-10(17)12(11)19-13/h1-5H,17H2,(H,18,19). The maximum atomic E-state index is 6.16. The fourth-order valence-corrected chi connectivity index (χ4v) is 2.64. The van der Waals surface area contributed by atoms with Crippen LogP contribution in [0.15, 0.2) is 30.3 Å². The SMILES string of the molecule is Nc1cc(Cl)cc2[nH]c(-c3ccc(Cl)cc3Cl)nc12. The smallest absolute Gasteiger partial charge is 0.140 e. The largest absolute Gasteiger partial charge is 0.397 e. The summed E-state index contributed by atoms with van der Waals surface area (Å²) in [7, 11) is 0. The van der Waals surface area contributed by atoms with Crippen LogP contribution in [0.2, 0.25) is 15.1 Å². The summed E-state index contributed by atoms with van der Waals surface area (Å²) in [5, 5.41) is 1.66. The second-order valence-electron chi connectivity index (χ2n) is 4.10. The van der Waals surface area contributed by atoms with Gasteiger partial charge in [0.25, 0.3) is 0 Å². The molecule has 0 fully saturated rings. The second-order valence-corrected chi connectivity index (χ2v) is 5.38. The summed E-state index contributed by atoms with van der Waals surface area (Å²) in [6.45, 7) is 0. The van der Waals surface area contributed by atoms with Crippen molar-refractivity contribution < 1.29 is 0 Å². The first kappa shape index (κ1) is 12.6. The number of nitrogens with zero attached hydrogens (tertiary/aromatic N) is 1. The summed E-state index contributed by atoms with van der Waals surface area (Å²) in [5.41, 5.74) is 8.62. The first-order valence-electron chi connectivity index (χ1n) is 5.45. The van der Waals surface area contributed by atoms with Crippen molar-refractivity contribution in [3.8, 4) is 11.4 Å². The maximum Gasteiger partial charge on any atom is 0.140 e. The van der Waals surface area contributed by atoms with Gasteiger partial charge in [-0.3, -0.25) is 0 Å². The molecule has 3 N–H and O–H groups in total. The highest BCUT2D eigenvalue weighted by molar-refractivity contribution is 6.36. The van der Waals surface area contributed by atoms with Gasteiger partial charge in [-0.2, -0.15) is 0 Å². The summed E-state index contributed by atoms with van der Waals surface area (Å²) >= 11 is 18.0. The summed E-state index contributed by atoms with van der Waals surface area (Å²) < 4.78 is 0. The summed E-state index contributed by atoms with van der Waals surface area (Å²) in [4.78, 5) is 7.60. The van der Waals surface area contributed by atoms with E-state index < -0.39 is 0 Å². The zero-order valence-corrected chi connectivity index (χ0v) is 11.8. The first-order valence-corrected chi connectivity index (χ1v) is 6.58. The lowest BCUT2D eigenvalue weighted by atomic mass is 10.2. The number of fused-ring (bicyclic) bond motifs is 1. The lowest BCUT2D eigenvalue weighted by Crippen LogP contribution is -1.86. The Bertz CT molecular complexity index is 780. The Morgan fingerprint density at radius 3 is 2.53 bits per heavy atom. The van der Waals surface area contributed by atoms with Crippen molar-refractivity contribution in [1.29, 1.82) is 0 Å². The van der Waals surface area contributed by atoms with Crippen LogP contribution < -0.4 is 5.73 Å². The number of nitrogens with one attached hydrogen (secondary N) is 1. The van der Waals surface area contributed by atoms with Gasteiger partial charge in [-0.05, 0) is 30.3 Å². The van der Waals surface area contributed by atoms with Gasteiger partial charge in [0.05, 0.1) is 16.2 Å². The van der Waals surface area contributed by atoms with Gasteiger partial charge in [0.2, 0.25) is 0 Å². The molecule has 0 amide bonds. The predicted octanol–water partition coefficient (Wildman–Crippen LogP) is 4.77. The zero-order valence-electron chi connectivity index (χ0n) is 9.55. The molecule has 6 heteroatoms. The van der Waals surface area contributed by atoms with Gasteiger partial charge in [-0.15, -0.1) is 0 Å². The molecule has 0 saturated carbocycles. The molecular formula is C13H8Cl3N3. The van der Waals surface area contributed by atoms with Crippen molar-refractivity contribution >= 4 is 51.5 Å². The van der Waals surface area contributed by atoms with Crippen molar-refractivity contribution in [2.75, 3.05) is 5.73 Å². The molecule has 0 saturated heterocycles. The minimum Gasteiger partial charge on any atom is -0.397 e. The van der Waals surface area contributed by atoms with Crippen LogP contribution >= 0.6 is 34.8 Å². The van der Waals surface area contributed by atoms with Crippen LogP contribution in [0.25, 0.3) is 22.4 Å². The van der Waals surface area contributed by atoms with Gasteiger partial charge in [0, 0.05) is 15.6 Å². The Morgan fingerprint density at radius 2 is 1.79 bits per heavy atom. The molecule has 0 atom stereocenters. The maximum absolute atomic E-state index is 6.16. The molecule has 2 aromatic carbocycles. The first-order chi connectivity index (χ1) is 9.04. The molecule has 0 radical (unpaired) electrons. The van der Waals surface area contributed by atoms with Crippen LogP contribution in [0, 0.1) is 0 Å². The van der Waals surface area contributed by atoms with Gasteiger partial charge < -0.3 is 10.7 Å². The van der Waals surface area contributed by atoms with E-state index in [0.29, 0.717) is 32.1 Å². The topological polar surface area (TPSA) is 54.7 Å². The molecule has 19 heavy (non-hydrogen) atoms. The predicted molar refractivity (Wildman–Crippen MR) is 81.0 cm³/mol. The quantitative estimate of drug-likeness (QED) is 0.636. The molecule has 3 aromatic rings. The third kappa shape index (κ3) is 2.25. The van der Waals surface area contributed by atoms with Crippen molar-refractivity contribution in [3.05, 3.63) is 45.4 Å². The molecule has 1 heterocycles. The average molecular weight is 313 g/mol. The van der Waals surface area contributed by atoms with Gasteiger partial charge in [0.1, 0.15) is 11.3 Å². The van der Waals surface area contributed by atoms with E-state index in [1.54, 1.807) is 30.3 Å². The Kier molecular flexibility index (Phi) is 3.05. The van der Waals surface area contributed by atoms with Gasteiger partial charge >= 0.3 is 0 Å². The molecule has 0 aliphatic carbocycles. The van der Waals surface area contributed by atoms with Crippen LogP contribution in [-0.2, 0) is 0 Å². The third-order valence-corrected chi connectivity index (χ3v) is 3.53. The van der Waals surface area contributed by atoms with E-state index in [9.17, 15) is 0 Å². The number of halogens is 3. The lowest BCUT2D eigenvalue weighted by Gasteiger charge is -2.00. The number of nitrogen functional groups attached to an aromatic ring is 1. The normalized spacial score (nSPS) is 11.1. The van der Waals surface area contributed by atoms with E-state index in [4.69, 9.17) is 40.5 Å². The molecule has 0 unspecified atom stereocenters. The van der Waals surface area contributed by atoms with Crippen molar-refractivity contribution in [2.45, 2.75) is 0 Å². The van der Waals surface area contributed by atoms with E-state index >= 15 is 0 Å². The minimum atomic E-state index is 0.523. The molecule has 96 valence electrons. The van der Waals surface area contributed by atoms with E-state index in [0.717, 1.165) is 11.1 Å². The van der Waals surface area contributed by atoms with Gasteiger partial charge in [0.15, 0.2) is 0 Å². The second kappa shape index (κ2) is 4.60. The summed E-state index contributed by atoms with van der Waals surface area (Å²) in [6, 6.07) is 8.67. The van der Waals surface area contributed by atoms with Gasteiger partial charge in [-0.1, -0.05) is 34.8 Å². The number of imidazole rings is 1. The van der Waals surface area contributed by atoms with Crippen LogP contribution in [0.3, 0.4) is 0 Å². The highest BCUT2D eigenvalue weighted by atomic mass is 35.5. The number of hydrogen-bond donors (Lipinski definition) is 2. The number of aromatic amines is 1. The van der Waals surface area contributed by atoms with Crippen LogP contribution in [0.1, 0.15) is 0 Å². The fraction of sp³-hybridized carbons (Fsp3) is 0. The molecule has 3 rings (SSSR count). The lowest BCUT2D eigenvalue weighted by molar-refractivity contribution is 1.34. The molecule has 0 aliphatic heterocycles. The highest BCUT2D eigenvalue weighted by Crippen LogP contribution is 2.32. The van der Waals surface area contributed by atoms with Crippen LogP contribution in [-0.4, -0.2) is 9.97 Å². The molecule has 1 aromatic heterocycles. The molecule has 0 bridgehead atoms. The van der Waals surface area contributed by atoms with Crippen LogP contribution in [0.5, 0.6) is 0 Å². The third-order valence-electron chi connectivity index (χ3n) is 2.77. The molecule has 0 spiro atoms. The number of benzene rings is 2. The monoisotopic (exact) mass is 311 g/mol. The van der Waals surface area contributed by atoms with E-state index in [1.807, 2.05) is 0 Å². The van der Waals surface area contributed by atoms with E-state index in [1.165, 1.54) is 0 Å². The highest BCUT2D eigenvalue weighted by Gasteiger charge is 2.11. The van der Waals surface area contributed by atoms with Crippen molar-refractivity contribution in [1.82, 2.24) is 9.97 Å². The van der Waals surface area contributed by atoms with Crippen LogP contribution in [0.4, 0.5) is 5.69 Å². The van der Waals surface area contributed by atoms with E-state index in [2.05, 4.69) is 9.97 Å². The average Bonchev–Trinajstić information content (AvgIpc) is 2.72. The Labute approximate surface area is 124 Å². The molecule has 3 nitrogen and oxygen atoms in total. The Hall–Kier alpha value is -1.42. The number of nitrogens with two attached hydrogens (primary N) is 1. The fourth-order valence-electron chi connectivity index (χ4n) is 1.92. The van der Waals surface area contributed by atoms with E-state index in [-0.39, 0.29) is 0 Å².